The zero-order valence-electron chi connectivity index (χ0n) is 12.8. The molecule has 4 rings (SSSR count). The summed E-state index contributed by atoms with van der Waals surface area (Å²) in [6.07, 6.45) is 0. The van der Waals surface area contributed by atoms with Gasteiger partial charge in [-0.25, -0.2) is 9.67 Å². The largest absolute Gasteiger partial charge is 0.213 e. The number of rotatable bonds is 3. The van der Waals surface area contributed by atoms with Gasteiger partial charge in [-0.3, -0.25) is 0 Å². The summed E-state index contributed by atoms with van der Waals surface area (Å²) in [7, 11) is 0. The second kappa shape index (κ2) is 6.42. The highest BCUT2D eigenvalue weighted by atomic mass is 79.9. The van der Waals surface area contributed by atoms with Crippen LogP contribution in [-0.2, 0) is 0 Å². The minimum absolute atomic E-state index is 0.707. The number of hydrogen-bond donors (Lipinski definition) is 0. The second-order valence-electron chi connectivity index (χ2n) is 5.38. The maximum atomic E-state index is 4.80. The first-order chi connectivity index (χ1) is 11.8. The maximum absolute atomic E-state index is 4.80. The van der Waals surface area contributed by atoms with Crippen molar-refractivity contribution in [2.45, 2.75) is 0 Å². The molecule has 0 saturated heterocycles. The summed E-state index contributed by atoms with van der Waals surface area (Å²) in [5.74, 6) is 1.54. The van der Waals surface area contributed by atoms with Crippen molar-refractivity contribution in [1.82, 2.24) is 14.8 Å². The van der Waals surface area contributed by atoms with Gasteiger partial charge in [-0.1, -0.05) is 76.6 Å². The lowest BCUT2D eigenvalue weighted by molar-refractivity contribution is 0.890. The Morgan fingerprint density at radius 3 is 2.08 bits per heavy atom. The van der Waals surface area contributed by atoms with E-state index < -0.39 is 0 Å². The maximum Gasteiger partial charge on any atom is 0.182 e. The zero-order valence-corrected chi connectivity index (χ0v) is 14.4. The van der Waals surface area contributed by atoms with E-state index in [-0.39, 0.29) is 0 Å². The highest BCUT2D eigenvalue weighted by Gasteiger charge is 2.14. The molecular weight excluding hydrogens is 362 g/mol. The fraction of sp³-hybridized carbons (Fsp3) is 0. The van der Waals surface area contributed by atoms with Crippen LogP contribution in [-0.4, -0.2) is 14.8 Å². The Balaban J connectivity index is 1.91. The van der Waals surface area contributed by atoms with Gasteiger partial charge >= 0.3 is 0 Å². The van der Waals surface area contributed by atoms with Crippen molar-refractivity contribution >= 4 is 15.9 Å². The summed E-state index contributed by atoms with van der Waals surface area (Å²) in [6, 6.07) is 28.2. The van der Waals surface area contributed by atoms with E-state index in [0.717, 1.165) is 27.1 Å². The Hall–Kier alpha value is -2.72. The van der Waals surface area contributed by atoms with Crippen LogP contribution in [0.15, 0.2) is 89.4 Å². The number of nitrogens with zero attached hydrogens (tertiary/aromatic N) is 3. The summed E-state index contributed by atoms with van der Waals surface area (Å²) in [4.78, 5) is 4.80. The van der Waals surface area contributed by atoms with Crippen LogP contribution in [0.2, 0.25) is 0 Å². The predicted molar refractivity (Wildman–Crippen MR) is 99.9 cm³/mol. The van der Waals surface area contributed by atoms with E-state index in [1.54, 1.807) is 0 Å². The van der Waals surface area contributed by atoms with Gasteiger partial charge in [-0.2, -0.15) is 0 Å². The Morgan fingerprint density at radius 2 is 1.38 bits per heavy atom. The van der Waals surface area contributed by atoms with Gasteiger partial charge in [0.2, 0.25) is 0 Å². The summed E-state index contributed by atoms with van der Waals surface area (Å²) in [5.41, 5.74) is 3.01. The van der Waals surface area contributed by atoms with Crippen molar-refractivity contribution in [2.75, 3.05) is 0 Å². The lowest BCUT2D eigenvalue weighted by Gasteiger charge is -2.05. The first kappa shape index (κ1) is 14.8. The van der Waals surface area contributed by atoms with Crippen LogP contribution in [0, 0.1) is 0 Å². The monoisotopic (exact) mass is 375 g/mol. The molecule has 3 nitrogen and oxygen atoms in total. The van der Waals surface area contributed by atoms with E-state index in [1.165, 1.54) is 0 Å². The van der Waals surface area contributed by atoms with Crippen molar-refractivity contribution in [3.05, 3.63) is 89.4 Å². The minimum atomic E-state index is 0.707. The highest BCUT2D eigenvalue weighted by Crippen LogP contribution is 2.26. The minimum Gasteiger partial charge on any atom is -0.213 e. The molecule has 0 bridgehead atoms. The van der Waals surface area contributed by atoms with Gasteiger partial charge in [0.25, 0.3) is 0 Å². The molecule has 1 aromatic heterocycles. The lowest BCUT2D eigenvalue weighted by atomic mass is 10.2. The van der Waals surface area contributed by atoms with E-state index in [2.05, 4.69) is 15.9 Å². The van der Waals surface area contributed by atoms with Crippen LogP contribution in [0.1, 0.15) is 0 Å². The molecule has 0 N–H and O–H groups in total. The smallest absolute Gasteiger partial charge is 0.182 e. The van der Waals surface area contributed by atoms with Crippen LogP contribution in [0.5, 0.6) is 0 Å². The molecule has 0 spiro atoms. The van der Waals surface area contributed by atoms with E-state index in [4.69, 9.17) is 10.1 Å². The van der Waals surface area contributed by atoms with Gasteiger partial charge in [0.05, 0.1) is 5.69 Å². The first-order valence-electron chi connectivity index (χ1n) is 7.65. The molecule has 4 heteroatoms. The Morgan fingerprint density at radius 1 is 0.708 bits per heavy atom. The number of hydrogen-bond acceptors (Lipinski definition) is 2. The summed E-state index contributed by atoms with van der Waals surface area (Å²) in [6.45, 7) is 0. The zero-order chi connectivity index (χ0) is 16.4. The molecule has 0 radical (unpaired) electrons. The molecule has 0 saturated carbocycles. The fourth-order valence-corrected chi connectivity index (χ4v) is 2.98. The van der Waals surface area contributed by atoms with Crippen LogP contribution in [0.25, 0.3) is 28.5 Å². The fourth-order valence-electron chi connectivity index (χ4n) is 2.59. The van der Waals surface area contributed by atoms with Crippen molar-refractivity contribution < 1.29 is 0 Å². The molecule has 0 unspecified atom stereocenters. The molecule has 24 heavy (non-hydrogen) atoms. The SMILES string of the molecule is Brc1cccc(-c2nc(-c3ccccc3)n(-c3ccccc3)n2)c1. The molecule has 0 atom stereocenters. The summed E-state index contributed by atoms with van der Waals surface area (Å²) in [5, 5.41) is 4.75. The molecular formula is C20H14BrN3. The Kier molecular flexibility index (Phi) is 3.97. The Labute approximate surface area is 148 Å². The molecule has 116 valence electrons. The van der Waals surface area contributed by atoms with Gasteiger partial charge in [-0.05, 0) is 24.3 Å². The highest BCUT2D eigenvalue weighted by molar-refractivity contribution is 9.10. The molecule has 0 aliphatic heterocycles. The average Bonchev–Trinajstić information content (AvgIpc) is 3.09. The number of para-hydroxylation sites is 1. The summed E-state index contributed by atoms with van der Waals surface area (Å²) < 4.78 is 2.91. The van der Waals surface area contributed by atoms with Gasteiger partial charge in [-0.15, -0.1) is 5.10 Å². The predicted octanol–water partition coefficient (Wildman–Crippen LogP) is 5.36. The summed E-state index contributed by atoms with van der Waals surface area (Å²) >= 11 is 3.51. The number of benzene rings is 3. The van der Waals surface area contributed by atoms with E-state index >= 15 is 0 Å². The van der Waals surface area contributed by atoms with Crippen molar-refractivity contribution in [3.63, 3.8) is 0 Å². The third kappa shape index (κ3) is 2.88. The molecule has 1 heterocycles. The third-order valence-corrected chi connectivity index (χ3v) is 4.22. The number of halogens is 1. The van der Waals surface area contributed by atoms with Gasteiger partial charge in [0, 0.05) is 15.6 Å². The molecule has 4 aromatic rings. The van der Waals surface area contributed by atoms with Crippen LogP contribution in [0.4, 0.5) is 0 Å². The van der Waals surface area contributed by atoms with Gasteiger partial charge in [0.1, 0.15) is 0 Å². The first-order valence-corrected chi connectivity index (χ1v) is 8.44. The molecule has 0 aliphatic rings. The third-order valence-electron chi connectivity index (χ3n) is 3.72. The molecule has 0 amide bonds. The van der Waals surface area contributed by atoms with Crippen molar-refractivity contribution in [2.24, 2.45) is 0 Å². The van der Waals surface area contributed by atoms with Crippen LogP contribution in [0.3, 0.4) is 0 Å². The van der Waals surface area contributed by atoms with Gasteiger partial charge in [0.15, 0.2) is 11.6 Å². The van der Waals surface area contributed by atoms with E-state index in [9.17, 15) is 0 Å². The average molecular weight is 376 g/mol. The van der Waals surface area contributed by atoms with Crippen LogP contribution >= 0.6 is 15.9 Å². The second-order valence-corrected chi connectivity index (χ2v) is 6.30. The van der Waals surface area contributed by atoms with Crippen molar-refractivity contribution in [1.29, 1.82) is 0 Å². The Bertz CT molecular complexity index is 906. The molecule has 3 aromatic carbocycles. The quantitative estimate of drug-likeness (QED) is 0.482. The lowest BCUT2D eigenvalue weighted by Crippen LogP contribution is -1.99. The van der Waals surface area contributed by atoms with Crippen molar-refractivity contribution in [3.8, 4) is 28.5 Å². The standard InChI is InChI=1S/C20H14BrN3/c21-17-11-7-10-16(14-17)19-22-20(15-8-3-1-4-9-15)24(23-19)18-12-5-2-6-13-18/h1-14H. The topological polar surface area (TPSA) is 30.7 Å². The molecule has 0 fully saturated rings. The van der Waals surface area contributed by atoms with E-state index in [0.29, 0.717) is 5.82 Å². The van der Waals surface area contributed by atoms with E-state index in [1.807, 2.05) is 89.6 Å². The number of aromatic nitrogens is 3. The van der Waals surface area contributed by atoms with Gasteiger partial charge < -0.3 is 0 Å². The van der Waals surface area contributed by atoms with Crippen LogP contribution < -0.4 is 0 Å². The normalized spacial score (nSPS) is 10.7. The molecule has 0 aliphatic carbocycles.